The number of Topliss-reactive ketones (excluding diaryl/α,β-unsaturated/α-hetero) is 1. The fourth-order valence-electron chi connectivity index (χ4n) is 1.47. The molecule has 1 unspecified atom stereocenters. The second kappa shape index (κ2) is 10.8. The molecule has 0 spiro atoms. The quantitative estimate of drug-likeness (QED) is 0.249. The SMILES string of the molecule is CCS(=O)CC(=O)N[C@@H](CCC(=O)C=[N+]=N)C(=O)OC(C)C. The molecule has 0 aromatic carbocycles. The summed E-state index contributed by atoms with van der Waals surface area (Å²) in [7, 11) is -1.29. The highest BCUT2D eigenvalue weighted by molar-refractivity contribution is 7.85. The van der Waals surface area contributed by atoms with Gasteiger partial charge >= 0.3 is 12.2 Å². The van der Waals surface area contributed by atoms with E-state index in [1.165, 1.54) is 0 Å². The Balaban J connectivity index is 4.74. The summed E-state index contributed by atoms with van der Waals surface area (Å²) in [5.74, 6) is -1.48. The lowest BCUT2D eigenvalue weighted by molar-refractivity contribution is -0.151. The molecule has 8 nitrogen and oxygen atoms in total. The van der Waals surface area contributed by atoms with Gasteiger partial charge in [-0.3, -0.25) is 13.8 Å². The van der Waals surface area contributed by atoms with Gasteiger partial charge in [0.25, 0.3) is 0 Å². The zero-order chi connectivity index (χ0) is 17.1. The molecule has 22 heavy (non-hydrogen) atoms. The first kappa shape index (κ1) is 20.1. The van der Waals surface area contributed by atoms with Crippen LogP contribution in [0.5, 0.6) is 0 Å². The van der Waals surface area contributed by atoms with Crippen molar-refractivity contribution in [3.05, 3.63) is 0 Å². The van der Waals surface area contributed by atoms with E-state index in [1.807, 2.05) is 0 Å². The fraction of sp³-hybridized carbons (Fsp3) is 0.692. The molecule has 1 amide bonds. The average molecular weight is 332 g/mol. The predicted octanol–water partition coefficient (Wildman–Crippen LogP) is -0.149. The van der Waals surface area contributed by atoms with Gasteiger partial charge < -0.3 is 10.1 Å². The van der Waals surface area contributed by atoms with Gasteiger partial charge in [-0.05, 0) is 20.3 Å². The molecule has 0 saturated carbocycles. The smallest absolute Gasteiger partial charge is 0.372 e. The number of carbonyl (C=O) groups excluding carboxylic acids is 3. The number of ketones is 1. The van der Waals surface area contributed by atoms with Crippen molar-refractivity contribution < 1.29 is 28.1 Å². The van der Waals surface area contributed by atoms with Crippen molar-refractivity contribution >= 4 is 34.7 Å². The van der Waals surface area contributed by atoms with Crippen LogP contribution in [0.2, 0.25) is 0 Å². The standard InChI is InChI=1S/C13H21N3O5S/c1-4-22(20)8-12(18)16-11(13(19)21-9(2)3)6-5-10(17)7-15-14/h7,9,11,14H,4-6,8H2,1-3H3/p+1/t11-,22?/m0/s1. The molecular weight excluding hydrogens is 310 g/mol. The van der Waals surface area contributed by atoms with Crippen LogP contribution in [0, 0.1) is 5.53 Å². The molecule has 2 N–H and O–H groups in total. The lowest BCUT2D eigenvalue weighted by atomic mass is 10.1. The molecule has 2 atom stereocenters. The van der Waals surface area contributed by atoms with Gasteiger partial charge in [-0.25, -0.2) is 4.79 Å². The Morgan fingerprint density at radius 2 is 2.00 bits per heavy atom. The maximum atomic E-state index is 11.9. The molecule has 0 heterocycles. The Kier molecular flexibility index (Phi) is 9.89. The third-order valence-electron chi connectivity index (χ3n) is 2.47. The predicted molar refractivity (Wildman–Crippen MR) is 80.0 cm³/mol. The maximum Gasteiger partial charge on any atom is 0.372 e. The van der Waals surface area contributed by atoms with Crippen LogP contribution in [0.4, 0.5) is 0 Å². The highest BCUT2D eigenvalue weighted by Gasteiger charge is 2.25. The molecule has 0 rings (SSSR count). The van der Waals surface area contributed by atoms with Gasteiger partial charge in [0.1, 0.15) is 11.8 Å². The molecule has 9 heteroatoms. The second-order valence-corrected chi connectivity index (χ2v) is 6.49. The van der Waals surface area contributed by atoms with E-state index >= 15 is 0 Å². The lowest BCUT2D eigenvalue weighted by Crippen LogP contribution is -2.44. The van der Waals surface area contributed by atoms with Crippen molar-refractivity contribution in [2.75, 3.05) is 11.5 Å². The molecule has 0 fully saturated rings. The Hall–Kier alpha value is -1.86. The Bertz CT molecular complexity index is 486. The number of carbonyl (C=O) groups is 3. The van der Waals surface area contributed by atoms with Gasteiger partial charge in [0.2, 0.25) is 11.7 Å². The van der Waals surface area contributed by atoms with Crippen molar-refractivity contribution in [1.82, 2.24) is 5.32 Å². The first-order chi connectivity index (χ1) is 10.3. The summed E-state index contributed by atoms with van der Waals surface area (Å²) in [6.07, 6.45) is 0.444. The number of nitrogens with one attached hydrogen (secondary N) is 2. The summed E-state index contributed by atoms with van der Waals surface area (Å²) in [4.78, 5) is 37.8. The van der Waals surface area contributed by atoms with Crippen molar-refractivity contribution in [3.63, 3.8) is 0 Å². The normalized spacial score (nSPS) is 12.9. The van der Waals surface area contributed by atoms with Crippen LogP contribution in [-0.2, 0) is 29.9 Å². The first-order valence-corrected chi connectivity index (χ1v) is 8.36. The average Bonchev–Trinajstić information content (AvgIpc) is 2.42. The highest BCUT2D eigenvalue weighted by Crippen LogP contribution is 2.03. The van der Waals surface area contributed by atoms with Gasteiger partial charge in [0.15, 0.2) is 0 Å². The van der Waals surface area contributed by atoms with E-state index in [1.54, 1.807) is 20.8 Å². The Morgan fingerprint density at radius 3 is 2.50 bits per heavy atom. The second-order valence-electron chi connectivity index (χ2n) is 4.74. The molecule has 0 bridgehead atoms. The number of esters is 1. The minimum Gasteiger partial charge on any atom is -0.461 e. The summed E-state index contributed by atoms with van der Waals surface area (Å²) >= 11 is 0. The van der Waals surface area contributed by atoms with Crippen LogP contribution in [0.1, 0.15) is 33.6 Å². The number of hydrogen-bond donors (Lipinski definition) is 2. The first-order valence-electron chi connectivity index (χ1n) is 6.87. The van der Waals surface area contributed by atoms with Gasteiger partial charge in [0, 0.05) is 23.0 Å². The fourth-order valence-corrected chi connectivity index (χ4v) is 2.05. The van der Waals surface area contributed by atoms with Crippen molar-refractivity contribution in [2.45, 2.75) is 45.8 Å². The molecular formula is C13H22N3O5S+. The summed E-state index contributed by atoms with van der Waals surface area (Å²) in [6.45, 7) is 5.02. The van der Waals surface area contributed by atoms with E-state index in [0.717, 1.165) is 6.21 Å². The molecule has 0 aromatic heterocycles. The zero-order valence-corrected chi connectivity index (χ0v) is 13.8. The topological polar surface area (TPSA) is 127 Å². The third-order valence-corrected chi connectivity index (χ3v) is 3.70. The van der Waals surface area contributed by atoms with Crippen molar-refractivity contribution in [3.8, 4) is 0 Å². The van der Waals surface area contributed by atoms with Gasteiger partial charge in [0.05, 0.1) is 16.4 Å². The molecule has 124 valence electrons. The molecule has 0 aromatic rings. The summed E-state index contributed by atoms with van der Waals surface area (Å²) in [5.41, 5.74) is 6.56. The summed E-state index contributed by atoms with van der Waals surface area (Å²) in [5, 5.41) is 2.43. The number of hydrogen-bond acceptors (Lipinski definition) is 6. The van der Waals surface area contributed by atoms with E-state index in [4.69, 9.17) is 10.3 Å². The lowest BCUT2D eigenvalue weighted by Gasteiger charge is -2.18. The molecule has 0 aliphatic rings. The minimum atomic E-state index is -1.29. The van der Waals surface area contributed by atoms with Crippen LogP contribution in [0.3, 0.4) is 0 Å². The van der Waals surface area contributed by atoms with Crippen LogP contribution < -0.4 is 5.32 Å². The van der Waals surface area contributed by atoms with E-state index in [9.17, 15) is 18.6 Å². The highest BCUT2D eigenvalue weighted by atomic mass is 32.2. The van der Waals surface area contributed by atoms with Crippen LogP contribution >= 0.6 is 0 Å². The van der Waals surface area contributed by atoms with Crippen molar-refractivity contribution in [2.24, 2.45) is 0 Å². The summed E-state index contributed by atoms with van der Waals surface area (Å²) < 4.78 is 16.4. The van der Waals surface area contributed by atoms with E-state index in [2.05, 4.69) is 10.1 Å². The maximum absolute atomic E-state index is 11.9. The number of nitrogens with zero attached hydrogens (tertiary/aromatic N) is 1. The van der Waals surface area contributed by atoms with Gasteiger partial charge in [-0.2, -0.15) is 0 Å². The zero-order valence-electron chi connectivity index (χ0n) is 13.0. The van der Waals surface area contributed by atoms with Crippen LogP contribution in [0.25, 0.3) is 0 Å². The van der Waals surface area contributed by atoms with Gasteiger partial charge in [-0.15, -0.1) is 0 Å². The third kappa shape index (κ3) is 9.15. The Morgan fingerprint density at radius 1 is 1.36 bits per heavy atom. The molecule has 0 saturated heterocycles. The van der Waals surface area contributed by atoms with E-state index in [0.29, 0.717) is 5.75 Å². The van der Waals surface area contributed by atoms with E-state index in [-0.39, 0.29) is 24.7 Å². The van der Waals surface area contributed by atoms with Gasteiger partial charge in [-0.1, -0.05) is 6.92 Å². The van der Waals surface area contributed by atoms with E-state index < -0.39 is 34.5 Å². The number of ether oxygens (including phenoxy) is 1. The van der Waals surface area contributed by atoms with Crippen LogP contribution in [0.15, 0.2) is 0 Å². The van der Waals surface area contributed by atoms with Crippen molar-refractivity contribution in [1.29, 1.82) is 5.53 Å². The van der Waals surface area contributed by atoms with Crippen LogP contribution in [-0.4, -0.2) is 56.5 Å². The molecule has 0 aliphatic carbocycles. The number of rotatable bonds is 10. The largest absolute Gasteiger partial charge is 0.461 e. The number of amides is 1. The Labute approximate surface area is 131 Å². The monoisotopic (exact) mass is 332 g/mol. The minimum absolute atomic E-state index is 0.0287. The summed E-state index contributed by atoms with van der Waals surface area (Å²) in [6, 6.07) is -0.994. The molecule has 0 aliphatic heterocycles. The molecule has 0 radical (unpaired) electrons.